The number of rotatable bonds is 6. The number of primary amides is 1. The van der Waals surface area contributed by atoms with Gasteiger partial charge in [-0.05, 0) is 50.3 Å². The third kappa shape index (κ3) is 3.37. The highest BCUT2D eigenvalue weighted by Gasteiger charge is 2.34. The molecule has 1 aromatic carbocycles. The fraction of sp³-hybridized carbons (Fsp3) is 0.450. The van der Waals surface area contributed by atoms with Crippen LogP contribution in [-0.2, 0) is 12.6 Å². The van der Waals surface area contributed by atoms with Crippen LogP contribution in [0.4, 0.5) is 13.2 Å². The molecule has 2 N–H and O–H groups in total. The molecular weight excluding hydrogens is 341 g/mol. The Morgan fingerprint density at radius 3 is 2.31 bits per heavy atom. The molecule has 1 saturated carbocycles. The Morgan fingerprint density at radius 2 is 1.85 bits per heavy atom. The second kappa shape index (κ2) is 6.82. The molecule has 0 radical (unpaired) electrons. The molecule has 1 fully saturated rings. The molecule has 2 aromatic rings. The van der Waals surface area contributed by atoms with Crippen LogP contribution >= 0.6 is 0 Å². The Hall–Kier alpha value is -2.24. The highest BCUT2D eigenvalue weighted by molar-refractivity contribution is 6.02. The summed E-state index contributed by atoms with van der Waals surface area (Å²) in [7, 11) is 0. The van der Waals surface area contributed by atoms with Crippen molar-refractivity contribution in [3.63, 3.8) is 0 Å². The largest absolute Gasteiger partial charge is 0.416 e. The van der Waals surface area contributed by atoms with Crippen LogP contribution in [0.3, 0.4) is 0 Å². The van der Waals surface area contributed by atoms with E-state index in [-0.39, 0.29) is 0 Å². The first kappa shape index (κ1) is 18.5. The molecule has 3 nitrogen and oxygen atoms in total. The highest BCUT2D eigenvalue weighted by Crippen LogP contribution is 2.44. The molecule has 0 unspecified atom stereocenters. The number of halogens is 3. The van der Waals surface area contributed by atoms with Crippen molar-refractivity contribution in [3.05, 3.63) is 46.8 Å². The van der Waals surface area contributed by atoms with Crippen LogP contribution in [-0.4, -0.2) is 10.5 Å². The number of hydrogen-bond donors (Lipinski definition) is 1. The number of hydrogen-bond acceptors (Lipinski definition) is 1. The zero-order chi connectivity index (χ0) is 19.1. The summed E-state index contributed by atoms with van der Waals surface area (Å²) in [5.41, 5.74) is 8.53. The van der Waals surface area contributed by atoms with E-state index in [1.165, 1.54) is 12.1 Å². The van der Waals surface area contributed by atoms with Gasteiger partial charge < -0.3 is 10.3 Å². The smallest absolute Gasteiger partial charge is 0.366 e. The first-order valence-electron chi connectivity index (χ1n) is 8.96. The number of carbonyl (C=O) groups is 1. The zero-order valence-corrected chi connectivity index (χ0v) is 15.0. The fourth-order valence-corrected chi connectivity index (χ4v) is 3.62. The Balaban J connectivity index is 2.18. The van der Waals surface area contributed by atoms with E-state index in [2.05, 4.69) is 11.5 Å². The Bertz CT molecular complexity index is 815. The molecule has 0 aliphatic heterocycles. The molecular formula is C20H23F3N2O. The highest BCUT2D eigenvalue weighted by atomic mass is 19.4. The summed E-state index contributed by atoms with van der Waals surface area (Å²) in [5.74, 6) is -0.533. The maximum atomic E-state index is 12.9. The second-order valence-corrected chi connectivity index (χ2v) is 6.93. The van der Waals surface area contributed by atoms with Gasteiger partial charge in [-0.3, -0.25) is 4.79 Å². The van der Waals surface area contributed by atoms with Crippen molar-refractivity contribution in [3.8, 4) is 11.1 Å². The molecule has 1 heterocycles. The van der Waals surface area contributed by atoms with Gasteiger partial charge in [-0.1, -0.05) is 25.5 Å². The van der Waals surface area contributed by atoms with Gasteiger partial charge in [-0.15, -0.1) is 0 Å². The second-order valence-electron chi connectivity index (χ2n) is 6.93. The molecule has 0 bridgehead atoms. The van der Waals surface area contributed by atoms with Crippen molar-refractivity contribution in [1.82, 2.24) is 4.57 Å². The lowest BCUT2D eigenvalue weighted by Crippen LogP contribution is -2.13. The summed E-state index contributed by atoms with van der Waals surface area (Å²) in [6.45, 7) is 3.96. The number of aromatic nitrogens is 1. The molecule has 6 heteroatoms. The summed E-state index contributed by atoms with van der Waals surface area (Å²) < 4.78 is 40.8. The van der Waals surface area contributed by atoms with Gasteiger partial charge in [-0.2, -0.15) is 13.2 Å². The normalized spacial score (nSPS) is 14.7. The molecule has 3 rings (SSSR count). The van der Waals surface area contributed by atoms with Crippen molar-refractivity contribution < 1.29 is 18.0 Å². The van der Waals surface area contributed by atoms with E-state index < -0.39 is 17.6 Å². The van der Waals surface area contributed by atoms with Crippen LogP contribution in [0.5, 0.6) is 0 Å². The molecule has 1 aromatic heterocycles. The van der Waals surface area contributed by atoms with Crippen LogP contribution < -0.4 is 5.73 Å². The van der Waals surface area contributed by atoms with Gasteiger partial charge in [0.2, 0.25) is 0 Å². The van der Waals surface area contributed by atoms with Gasteiger partial charge in [0.15, 0.2) is 0 Å². The van der Waals surface area contributed by atoms with Crippen LogP contribution in [0, 0.1) is 6.92 Å². The quantitative estimate of drug-likeness (QED) is 0.747. The lowest BCUT2D eigenvalue weighted by molar-refractivity contribution is -0.137. The zero-order valence-electron chi connectivity index (χ0n) is 15.0. The van der Waals surface area contributed by atoms with Crippen LogP contribution in [0.15, 0.2) is 24.3 Å². The van der Waals surface area contributed by atoms with Gasteiger partial charge in [-0.25, -0.2) is 0 Å². The maximum absolute atomic E-state index is 12.9. The summed E-state index contributed by atoms with van der Waals surface area (Å²) in [6.07, 6.45) is 0.442. The Labute approximate surface area is 151 Å². The van der Waals surface area contributed by atoms with E-state index in [9.17, 15) is 18.0 Å². The number of nitrogens with two attached hydrogens (primary N) is 1. The minimum atomic E-state index is -4.38. The maximum Gasteiger partial charge on any atom is 0.416 e. The molecule has 0 spiro atoms. The standard InChI is InChI=1S/C20H23F3N2O/c1-3-4-5-16-18(13-6-8-14(9-7-13)20(21,22)23)17(19(24)26)12(2)25(16)15-10-11-15/h6-9,15H,3-5,10-11H2,1-2H3,(H2,24,26). The van der Waals surface area contributed by atoms with Crippen molar-refractivity contribution >= 4 is 5.91 Å². The summed E-state index contributed by atoms with van der Waals surface area (Å²) >= 11 is 0. The van der Waals surface area contributed by atoms with Gasteiger partial charge in [0.1, 0.15) is 0 Å². The van der Waals surface area contributed by atoms with Crippen molar-refractivity contribution in [2.45, 2.75) is 58.2 Å². The van der Waals surface area contributed by atoms with Gasteiger partial charge in [0.05, 0.1) is 11.1 Å². The molecule has 26 heavy (non-hydrogen) atoms. The average molecular weight is 364 g/mol. The summed E-state index contributed by atoms with van der Waals surface area (Å²) in [4.78, 5) is 12.2. The topological polar surface area (TPSA) is 48.0 Å². The minimum absolute atomic E-state index is 0.364. The molecule has 0 atom stereocenters. The Kier molecular flexibility index (Phi) is 4.86. The average Bonchev–Trinajstić information content (AvgIpc) is 3.35. The molecule has 1 aliphatic carbocycles. The Morgan fingerprint density at radius 1 is 1.23 bits per heavy atom. The number of carbonyl (C=O) groups excluding carboxylic acids is 1. The number of unbranched alkanes of at least 4 members (excludes halogenated alkanes) is 1. The van der Waals surface area contributed by atoms with E-state index in [0.717, 1.165) is 55.6 Å². The predicted octanol–water partition coefficient (Wildman–Crippen LogP) is 5.26. The fourth-order valence-electron chi connectivity index (χ4n) is 3.62. The van der Waals surface area contributed by atoms with Gasteiger partial charge >= 0.3 is 6.18 Å². The van der Waals surface area contributed by atoms with Crippen molar-refractivity contribution in [2.24, 2.45) is 5.73 Å². The predicted molar refractivity (Wildman–Crippen MR) is 95.0 cm³/mol. The number of amides is 1. The monoisotopic (exact) mass is 364 g/mol. The number of alkyl halides is 3. The third-order valence-corrected chi connectivity index (χ3v) is 4.98. The molecule has 140 valence electrons. The van der Waals surface area contributed by atoms with Crippen LogP contribution in [0.1, 0.15) is 66.0 Å². The van der Waals surface area contributed by atoms with Gasteiger partial charge in [0.25, 0.3) is 5.91 Å². The van der Waals surface area contributed by atoms with E-state index in [1.54, 1.807) is 0 Å². The van der Waals surface area contributed by atoms with Crippen LogP contribution in [0.25, 0.3) is 11.1 Å². The van der Waals surface area contributed by atoms with E-state index in [1.807, 2.05) is 6.92 Å². The van der Waals surface area contributed by atoms with Crippen molar-refractivity contribution in [2.75, 3.05) is 0 Å². The van der Waals surface area contributed by atoms with E-state index >= 15 is 0 Å². The molecule has 1 aliphatic rings. The van der Waals surface area contributed by atoms with E-state index in [0.29, 0.717) is 22.7 Å². The first-order chi connectivity index (χ1) is 12.3. The van der Waals surface area contributed by atoms with Crippen LogP contribution in [0.2, 0.25) is 0 Å². The number of nitrogens with zero attached hydrogens (tertiary/aromatic N) is 1. The molecule has 0 saturated heterocycles. The van der Waals surface area contributed by atoms with Crippen molar-refractivity contribution in [1.29, 1.82) is 0 Å². The minimum Gasteiger partial charge on any atom is -0.366 e. The lowest BCUT2D eigenvalue weighted by atomic mass is 9.96. The number of benzene rings is 1. The SMILES string of the molecule is CCCCc1c(-c2ccc(C(F)(F)F)cc2)c(C(N)=O)c(C)n1C1CC1. The summed E-state index contributed by atoms with van der Waals surface area (Å²) in [6, 6.07) is 5.37. The lowest BCUT2D eigenvalue weighted by Gasteiger charge is -2.13. The third-order valence-electron chi connectivity index (χ3n) is 4.98. The summed E-state index contributed by atoms with van der Waals surface area (Å²) in [5, 5.41) is 0. The first-order valence-corrected chi connectivity index (χ1v) is 8.96. The molecule has 1 amide bonds. The van der Waals surface area contributed by atoms with E-state index in [4.69, 9.17) is 5.73 Å². The van der Waals surface area contributed by atoms with Gasteiger partial charge in [0, 0.05) is 23.0 Å².